The maximum atomic E-state index is 5.41. The number of hydrogen-bond acceptors (Lipinski definition) is 4. The first-order chi connectivity index (χ1) is 11.3. The van der Waals surface area contributed by atoms with Gasteiger partial charge in [0.25, 0.3) is 0 Å². The molecule has 0 bridgehead atoms. The van der Waals surface area contributed by atoms with Crippen molar-refractivity contribution in [3.63, 3.8) is 0 Å². The van der Waals surface area contributed by atoms with Crippen LogP contribution in [0.5, 0.6) is 0 Å². The Bertz CT molecular complexity index is 841. The van der Waals surface area contributed by atoms with Gasteiger partial charge in [0.1, 0.15) is 5.82 Å². The molecule has 4 heteroatoms. The predicted octanol–water partition coefficient (Wildman–Crippen LogP) is 3.44. The highest BCUT2D eigenvalue weighted by Crippen LogP contribution is 2.25. The molecule has 0 N–H and O–H groups in total. The Balaban J connectivity index is 1.74. The van der Waals surface area contributed by atoms with E-state index in [4.69, 9.17) is 9.72 Å². The summed E-state index contributed by atoms with van der Waals surface area (Å²) in [6.45, 7) is 5.36. The van der Waals surface area contributed by atoms with Crippen LogP contribution in [0.25, 0.3) is 22.2 Å². The summed E-state index contributed by atoms with van der Waals surface area (Å²) in [7, 11) is 0. The molecule has 3 aromatic rings. The molecular weight excluding hydrogens is 286 g/mol. The second kappa shape index (κ2) is 5.97. The molecular formula is C19H19N3O. The Morgan fingerprint density at radius 3 is 2.61 bits per heavy atom. The van der Waals surface area contributed by atoms with Crippen LogP contribution in [-0.2, 0) is 4.74 Å². The fourth-order valence-electron chi connectivity index (χ4n) is 2.95. The van der Waals surface area contributed by atoms with Crippen LogP contribution in [0.4, 0.5) is 5.82 Å². The number of benzene rings is 2. The number of rotatable bonds is 2. The Morgan fingerprint density at radius 1 is 0.957 bits per heavy atom. The third kappa shape index (κ3) is 2.90. The maximum Gasteiger partial charge on any atom is 0.148 e. The van der Waals surface area contributed by atoms with Crippen molar-refractivity contribution in [1.82, 2.24) is 9.97 Å². The molecule has 0 atom stereocenters. The number of anilines is 1. The lowest BCUT2D eigenvalue weighted by Crippen LogP contribution is -2.36. The standard InChI is InChI=1S/C19H19N3O/c1-14-3-2-4-15(11-14)16-5-6-17-18(12-16)21-19(13-20-17)22-7-9-23-10-8-22/h2-6,11-13H,7-10H2,1H3. The van der Waals surface area contributed by atoms with Crippen molar-refractivity contribution in [3.8, 4) is 11.1 Å². The van der Waals surface area contributed by atoms with Gasteiger partial charge in [0, 0.05) is 13.1 Å². The van der Waals surface area contributed by atoms with Gasteiger partial charge in [0.15, 0.2) is 0 Å². The Labute approximate surface area is 135 Å². The predicted molar refractivity (Wildman–Crippen MR) is 92.7 cm³/mol. The highest BCUT2D eigenvalue weighted by Gasteiger charge is 2.13. The van der Waals surface area contributed by atoms with Gasteiger partial charge in [-0.2, -0.15) is 0 Å². The van der Waals surface area contributed by atoms with Gasteiger partial charge in [-0.15, -0.1) is 0 Å². The summed E-state index contributed by atoms with van der Waals surface area (Å²) in [6.07, 6.45) is 1.86. The van der Waals surface area contributed by atoms with Gasteiger partial charge < -0.3 is 9.64 Å². The summed E-state index contributed by atoms with van der Waals surface area (Å²) in [6, 6.07) is 14.8. The van der Waals surface area contributed by atoms with Crippen LogP contribution in [-0.4, -0.2) is 36.3 Å². The fourth-order valence-corrected chi connectivity index (χ4v) is 2.95. The van der Waals surface area contributed by atoms with Gasteiger partial charge in [-0.05, 0) is 30.2 Å². The summed E-state index contributed by atoms with van der Waals surface area (Å²) in [5.41, 5.74) is 5.52. The van der Waals surface area contributed by atoms with Crippen molar-refractivity contribution in [1.29, 1.82) is 0 Å². The highest BCUT2D eigenvalue weighted by molar-refractivity contribution is 5.82. The van der Waals surface area contributed by atoms with E-state index in [1.54, 1.807) is 0 Å². The van der Waals surface area contributed by atoms with Crippen molar-refractivity contribution in [2.45, 2.75) is 6.92 Å². The van der Waals surface area contributed by atoms with Crippen LogP contribution in [0, 0.1) is 6.92 Å². The molecule has 1 fully saturated rings. The molecule has 0 spiro atoms. The molecule has 1 aromatic heterocycles. The average Bonchev–Trinajstić information content (AvgIpc) is 2.61. The van der Waals surface area contributed by atoms with Crippen molar-refractivity contribution in [2.75, 3.05) is 31.2 Å². The first-order valence-electron chi connectivity index (χ1n) is 7.96. The zero-order valence-electron chi connectivity index (χ0n) is 13.2. The third-order valence-corrected chi connectivity index (χ3v) is 4.22. The zero-order chi connectivity index (χ0) is 15.6. The number of hydrogen-bond donors (Lipinski definition) is 0. The third-order valence-electron chi connectivity index (χ3n) is 4.22. The van der Waals surface area contributed by atoms with E-state index in [0.717, 1.165) is 43.2 Å². The van der Waals surface area contributed by atoms with Crippen LogP contribution in [0.1, 0.15) is 5.56 Å². The lowest BCUT2D eigenvalue weighted by atomic mass is 10.0. The van der Waals surface area contributed by atoms with Crippen LogP contribution in [0.15, 0.2) is 48.7 Å². The first-order valence-corrected chi connectivity index (χ1v) is 7.96. The lowest BCUT2D eigenvalue weighted by molar-refractivity contribution is 0.122. The number of nitrogens with zero attached hydrogens (tertiary/aromatic N) is 3. The SMILES string of the molecule is Cc1cccc(-c2ccc3ncc(N4CCOCC4)nc3c2)c1. The molecule has 2 heterocycles. The Kier molecular flexibility index (Phi) is 3.67. The summed E-state index contributed by atoms with van der Waals surface area (Å²) in [4.78, 5) is 11.6. The lowest BCUT2D eigenvalue weighted by Gasteiger charge is -2.27. The number of aryl methyl sites for hydroxylation is 1. The quantitative estimate of drug-likeness (QED) is 0.727. The highest BCUT2D eigenvalue weighted by atomic mass is 16.5. The Morgan fingerprint density at radius 2 is 1.78 bits per heavy atom. The van der Waals surface area contributed by atoms with E-state index in [1.807, 2.05) is 12.3 Å². The molecule has 2 aromatic carbocycles. The number of fused-ring (bicyclic) bond motifs is 1. The molecule has 0 saturated carbocycles. The van der Waals surface area contributed by atoms with Gasteiger partial charge in [-0.3, -0.25) is 4.98 Å². The monoisotopic (exact) mass is 305 g/mol. The number of ether oxygens (including phenoxy) is 1. The fraction of sp³-hybridized carbons (Fsp3) is 0.263. The van der Waals surface area contributed by atoms with E-state index in [-0.39, 0.29) is 0 Å². The molecule has 116 valence electrons. The molecule has 0 unspecified atom stereocenters. The summed E-state index contributed by atoms with van der Waals surface area (Å²) in [5.74, 6) is 0.933. The molecule has 1 aliphatic rings. The first kappa shape index (κ1) is 14.2. The minimum atomic E-state index is 0.753. The van der Waals surface area contributed by atoms with Gasteiger partial charge in [0.2, 0.25) is 0 Å². The molecule has 1 aliphatic heterocycles. The van der Waals surface area contributed by atoms with Gasteiger partial charge in [-0.25, -0.2) is 4.98 Å². The summed E-state index contributed by atoms with van der Waals surface area (Å²) >= 11 is 0. The van der Waals surface area contributed by atoms with E-state index in [2.05, 4.69) is 53.2 Å². The topological polar surface area (TPSA) is 38.2 Å². The average molecular weight is 305 g/mol. The molecule has 4 rings (SSSR count). The van der Waals surface area contributed by atoms with Crippen molar-refractivity contribution < 1.29 is 4.74 Å². The van der Waals surface area contributed by atoms with Crippen LogP contribution in [0.3, 0.4) is 0 Å². The van der Waals surface area contributed by atoms with E-state index >= 15 is 0 Å². The van der Waals surface area contributed by atoms with Crippen molar-refractivity contribution in [2.24, 2.45) is 0 Å². The molecule has 23 heavy (non-hydrogen) atoms. The molecule has 1 saturated heterocycles. The van der Waals surface area contributed by atoms with Gasteiger partial charge in [0.05, 0.1) is 30.4 Å². The summed E-state index contributed by atoms with van der Waals surface area (Å²) in [5, 5.41) is 0. The van der Waals surface area contributed by atoms with Crippen molar-refractivity contribution in [3.05, 3.63) is 54.2 Å². The van der Waals surface area contributed by atoms with E-state index in [1.165, 1.54) is 16.7 Å². The molecule has 0 radical (unpaired) electrons. The zero-order valence-corrected chi connectivity index (χ0v) is 13.2. The van der Waals surface area contributed by atoms with Crippen LogP contribution >= 0.6 is 0 Å². The van der Waals surface area contributed by atoms with E-state index in [0.29, 0.717) is 0 Å². The summed E-state index contributed by atoms with van der Waals surface area (Å²) < 4.78 is 5.41. The normalized spacial score (nSPS) is 15.1. The minimum absolute atomic E-state index is 0.753. The second-order valence-corrected chi connectivity index (χ2v) is 5.90. The molecule has 4 nitrogen and oxygen atoms in total. The largest absolute Gasteiger partial charge is 0.378 e. The van der Waals surface area contributed by atoms with Gasteiger partial charge in [-0.1, -0.05) is 35.9 Å². The second-order valence-electron chi connectivity index (χ2n) is 5.90. The Hall–Kier alpha value is -2.46. The van der Waals surface area contributed by atoms with Crippen LogP contribution < -0.4 is 4.90 Å². The van der Waals surface area contributed by atoms with E-state index in [9.17, 15) is 0 Å². The number of morpholine rings is 1. The molecule has 0 amide bonds. The maximum absolute atomic E-state index is 5.41. The smallest absolute Gasteiger partial charge is 0.148 e. The van der Waals surface area contributed by atoms with Crippen LogP contribution in [0.2, 0.25) is 0 Å². The minimum Gasteiger partial charge on any atom is -0.378 e. The van der Waals surface area contributed by atoms with Crippen molar-refractivity contribution >= 4 is 16.9 Å². The molecule has 0 aliphatic carbocycles. The van der Waals surface area contributed by atoms with E-state index < -0.39 is 0 Å². The number of aromatic nitrogens is 2. The van der Waals surface area contributed by atoms with Gasteiger partial charge >= 0.3 is 0 Å².